The highest BCUT2D eigenvalue weighted by Gasteiger charge is 2.15. The zero-order chi connectivity index (χ0) is 13.5. The smallest absolute Gasteiger partial charge is 0.222 e. The van der Waals surface area contributed by atoms with Crippen molar-refractivity contribution in [2.45, 2.75) is 32.2 Å². The van der Waals surface area contributed by atoms with Gasteiger partial charge in [0.25, 0.3) is 0 Å². The summed E-state index contributed by atoms with van der Waals surface area (Å²) in [5.41, 5.74) is 0.671. The summed E-state index contributed by atoms with van der Waals surface area (Å²) < 4.78 is 13.4. The Morgan fingerprint density at radius 2 is 2.05 bits per heavy atom. The molecule has 3 nitrogen and oxygen atoms in total. The zero-order valence-electron chi connectivity index (χ0n) is 11.2. The van der Waals surface area contributed by atoms with Crippen LogP contribution in [0.5, 0.6) is 0 Å². The van der Waals surface area contributed by atoms with Crippen molar-refractivity contribution in [1.82, 2.24) is 10.2 Å². The molecule has 4 heteroatoms. The third-order valence-electron chi connectivity index (χ3n) is 3.50. The molecule has 0 atom stereocenters. The number of likely N-dealkylation sites (tertiary alicyclic amines) is 1. The van der Waals surface area contributed by atoms with Crippen molar-refractivity contribution in [3.8, 4) is 0 Å². The number of halogens is 1. The molecule has 1 N–H and O–H groups in total. The van der Waals surface area contributed by atoms with Crippen molar-refractivity contribution in [2.24, 2.45) is 0 Å². The van der Waals surface area contributed by atoms with E-state index < -0.39 is 0 Å². The summed E-state index contributed by atoms with van der Waals surface area (Å²) in [7, 11) is 0. The van der Waals surface area contributed by atoms with Crippen LogP contribution in [-0.2, 0) is 11.3 Å². The summed E-state index contributed by atoms with van der Waals surface area (Å²) in [6.45, 7) is 2.79. The van der Waals surface area contributed by atoms with Crippen LogP contribution in [0.25, 0.3) is 0 Å². The molecule has 1 aromatic rings. The molecule has 1 fully saturated rings. The lowest BCUT2D eigenvalue weighted by Gasteiger charge is -2.20. The molecule has 0 radical (unpaired) electrons. The van der Waals surface area contributed by atoms with Gasteiger partial charge in [0.05, 0.1) is 0 Å². The number of amides is 1. The van der Waals surface area contributed by atoms with Crippen molar-refractivity contribution in [3.63, 3.8) is 0 Å². The van der Waals surface area contributed by atoms with Gasteiger partial charge in [0, 0.05) is 38.2 Å². The lowest BCUT2D eigenvalue weighted by Crippen LogP contribution is -2.36. The van der Waals surface area contributed by atoms with E-state index in [4.69, 9.17) is 0 Å². The molecule has 104 valence electrons. The number of nitrogens with one attached hydrogen (secondary N) is 1. The van der Waals surface area contributed by atoms with Gasteiger partial charge in [-0.05, 0) is 18.9 Å². The molecule has 1 saturated heterocycles. The van der Waals surface area contributed by atoms with Gasteiger partial charge in [0.1, 0.15) is 5.82 Å². The van der Waals surface area contributed by atoms with Gasteiger partial charge in [0.15, 0.2) is 0 Å². The molecular weight excluding hydrogens is 243 g/mol. The fourth-order valence-electron chi connectivity index (χ4n) is 2.35. The van der Waals surface area contributed by atoms with Gasteiger partial charge < -0.3 is 10.2 Å². The minimum atomic E-state index is -0.180. The summed E-state index contributed by atoms with van der Waals surface area (Å²) >= 11 is 0. The number of carbonyl (C=O) groups excluding carboxylic acids is 1. The molecule has 0 aromatic heterocycles. The average Bonchev–Trinajstić information content (AvgIpc) is 2.62. The molecule has 1 aromatic carbocycles. The van der Waals surface area contributed by atoms with Gasteiger partial charge in [-0.15, -0.1) is 0 Å². The SMILES string of the molecule is O=C1CCCCCN1CCNCc1ccccc1F. The number of nitrogens with zero attached hydrogens (tertiary/aromatic N) is 1. The Hall–Kier alpha value is -1.42. The second kappa shape index (κ2) is 7.24. The van der Waals surface area contributed by atoms with E-state index in [1.165, 1.54) is 6.07 Å². The second-order valence-electron chi connectivity index (χ2n) is 4.96. The van der Waals surface area contributed by atoms with Crippen LogP contribution < -0.4 is 5.32 Å². The summed E-state index contributed by atoms with van der Waals surface area (Å²) in [6, 6.07) is 6.77. The molecule has 19 heavy (non-hydrogen) atoms. The summed E-state index contributed by atoms with van der Waals surface area (Å²) in [6.07, 6.45) is 3.93. The number of rotatable bonds is 5. The van der Waals surface area contributed by atoms with Crippen LogP contribution in [-0.4, -0.2) is 30.4 Å². The van der Waals surface area contributed by atoms with Crippen LogP contribution in [0, 0.1) is 5.82 Å². The molecule has 0 aliphatic carbocycles. The van der Waals surface area contributed by atoms with Crippen molar-refractivity contribution in [3.05, 3.63) is 35.6 Å². The predicted octanol–water partition coefficient (Wildman–Crippen LogP) is 2.32. The van der Waals surface area contributed by atoms with Crippen molar-refractivity contribution < 1.29 is 9.18 Å². The van der Waals surface area contributed by atoms with Gasteiger partial charge in [-0.1, -0.05) is 24.6 Å². The fraction of sp³-hybridized carbons (Fsp3) is 0.533. The highest BCUT2D eigenvalue weighted by atomic mass is 19.1. The molecule has 2 rings (SSSR count). The summed E-state index contributed by atoms with van der Waals surface area (Å²) in [4.78, 5) is 13.7. The molecular formula is C15H21FN2O. The lowest BCUT2D eigenvalue weighted by molar-refractivity contribution is -0.130. The van der Waals surface area contributed by atoms with Crippen LogP contribution in [0.1, 0.15) is 31.2 Å². The molecule has 0 spiro atoms. The third kappa shape index (κ3) is 4.31. The van der Waals surface area contributed by atoms with Crippen molar-refractivity contribution in [1.29, 1.82) is 0 Å². The lowest BCUT2D eigenvalue weighted by atomic mass is 10.2. The van der Waals surface area contributed by atoms with Crippen molar-refractivity contribution in [2.75, 3.05) is 19.6 Å². The van der Waals surface area contributed by atoms with E-state index in [1.807, 2.05) is 11.0 Å². The van der Waals surface area contributed by atoms with Gasteiger partial charge in [-0.25, -0.2) is 4.39 Å². The minimum Gasteiger partial charge on any atom is -0.341 e. The quantitative estimate of drug-likeness (QED) is 0.828. The first-order valence-electron chi connectivity index (χ1n) is 6.99. The topological polar surface area (TPSA) is 32.3 Å². The summed E-state index contributed by atoms with van der Waals surface area (Å²) in [5.74, 6) is 0.0750. The minimum absolute atomic E-state index is 0.180. The van der Waals surface area contributed by atoms with Gasteiger partial charge >= 0.3 is 0 Å². The maximum Gasteiger partial charge on any atom is 0.222 e. The van der Waals surface area contributed by atoms with Crippen molar-refractivity contribution >= 4 is 5.91 Å². The van der Waals surface area contributed by atoms with E-state index in [9.17, 15) is 9.18 Å². The number of hydrogen-bond donors (Lipinski definition) is 1. The van der Waals surface area contributed by atoms with Gasteiger partial charge in [-0.3, -0.25) is 4.79 Å². The normalized spacial score (nSPS) is 16.5. The fourth-order valence-corrected chi connectivity index (χ4v) is 2.35. The number of carbonyl (C=O) groups is 1. The summed E-state index contributed by atoms with van der Waals surface area (Å²) in [5, 5.41) is 3.20. The van der Waals surface area contributed by atoms with Crippen LogP contribution in [0.4, 0.5) is 4.39 Å². The van der Waals surface area contributed by atoms with Gasteiger partial charge in [-0.2, -0.15) is 0 Å². The standard InChI is InChI=1S/C15H21FN2O/c16-14-7-4-3-6-13(14)12-17-9-11-18-10-5-1-2-8-15(18)19/h3-4,6-7,17H,1-2,5,8-12H2. The van der Waals surface area contributed by atoms with E-state index >= 15 is 0 Å². The van der Waals surface area contributed by atoms with Crippen LogP contribution in [0.2, 0.25) is 0 Å². The Morgan fingerprint density at radius 1 is 1.21 bits per heavy atom. The molecule has 1 aliphatic heterocycles. The third-order valence-corrected chi connectivity index (χ3v) is 3.50. The largest absolute Gasteiger partial charge is 0.341 e. The molecule has 0 unspecified atom stereocenters. The molecule has 0 saturated carbocycles. The highest BCUT2D eigenvalue weighted by Crippen LogP contribution is 2.10. The van der Waals surface area contributed by atoms with E-state index in [0.29, 0.717) is 31.6 Å². The van der Waals surface area contributed by atoms with Crippen LogP contribution in [0.15, 0.2) is 24.3 Å². The average molecular weight is 264 g/mol. The Bertz CT molecular complexity index is 422. The number of benzene rings is 1. The maximum atomic E-state index is 13.4. The van der Waals surface area contributed by atoms with E-state index in [-0.39, 0.29) is 11.7 Å². The second-order valence-corrected chi connectivity index (χ2v) is 4.96. The Kier molecular flexibility index (Phi) is 5.33. The Morgan fingerprint density at radius 3 is 2.89 bits per heavy atom. The first kappa shape index (κ1) is 14.0. The maximum absolute atomic E-state index is 13.4. The molecule has 1 amide bonds. The predicted molar refractivity (Wildman–Crippen MR) is 73.2 cm³/mol. The van der Waals surface area contributed by atoms with E-state index in [0.717, 1.165) is 25.8 Å². The number of hydrogen-bond acceptors (Lipinski definition) is 2. The van der Waals surface area contributed by atoms with E-state index in [2.05, 4.69) is 5.32 Å². The Balaban J connectivity index is 1.71. The molecule has 1 heterocycles. The first-order valence-corrected chi connectivity index (χ1v) is 6.99. The van der Waals surface area contributed by atoms with Gasteiger partial charge in [0.2, 0.25) is 5.91 Å². The Labute approximate surface area is 113 Å². The monoisotopic (exact) mass is 264 g/mol. The van der Waals surface area contributed by atoms with Crippen LogP contribution >= 0.6 is 0 Å². The van der Waals surface area contributed by atoms with Crippen LogP contribution in [0.3, 0.4) is 0 Å². The zero-order valence-corrected chi connectivity index (χ0v) is 11.2. The molecule has 1 aliphatic rings. The van der Waals surface area contributed by atoms with E-state index in [1.54, 1.807) is 12.1 Å². The first-order chi connectivity index (χ1) is 9.27. The highest BCUT2D eigenvalue weighted by molar-refractivity contribution is 5.76. The molecule has 0 bridgehead atoms.